The predicted molar refractivity (Wildman–Crippen MR) is 119 cm³/mol. The first-order valence-corrected chi connectivity index (χ1v) is 10.0. The van der Waals surface area contributed by atoms with Gasteiger partial charge in [-0.05, 0) is 42.8 Å². The Morgan fingerprint density at radius 2 is 1.76 bits per heavy atom. The summed E-state index contributed by atoms with van der Waals surface area (Å²) >= 11 is 5.51. The van der Waals surface area contributed by atoms with Crippen LogP contribution in [0, 0.1) is 6.92 Å². The molecule has 154 valence electrons. The second-order valence-corrected chi connectivity index (χ2v) is 7.55. The molecule has 2 aromatic rings. The van der Waals surface area contributed by atoms with Gasteiger partial charge in [0.2, 0.25) is 0 Å². The number of anilines is 1. The fourth-order valence-electron chi connectivity index (χ4n) is 3.39. The van der Waals surface area contributed by atoms with Crippen molar-refractivity contribution in [3.8, 4) is 11.5 Å². The zero-order valence-electron chi connectivity index (χ0n) is 17.1. The molecule has 2 aromatic carbocycles. The molecule has 0 atom stereocenters. The number of benzene rings is 2. The van der Waals surface area contributed by atoms with Crippen molar-refractivity contribution in [2.24, 2.45) is 0 Å². The smallest absolute Gasteiger partial charge is 0.254 e. The van der Waals surface area contributed by atoms with Crippen molar-refractivity contribution in [1.82, 2.24) is 9.80 Å². The highest BCUT2D eigenvalue weighted by molar-refractivity contribution is 7.80. The number of hydrogen-bond acceptors (Lipinski definition) is 5. The van der Waals surface area contributed by atoms with Gasteiger partial charge >= 0.3 is 0 Å². The fourth-order valence-corrected chi connectivity index (χ4v) is 3.69. The first kappa shape index (κ1) is 21.1. The second kappa shape index (κ2) is 9.71. The summed E-state index contributed by atoms with van der Waals surface area (Å²) in [7, 11) is 3.15. The van der Waals surface area contributed by atoms with Crippen LogP contribution in [0.25, 0.3) is 0 Å². The van der Waals surface area contributed by atoms with Crippen LogP contribution < -0.4 is 14.8 Å². The van der Waals surface area contributed by atoms with E-state index in [1.54, 1.807) is 32.4 Å². The molecule has 6 nitrogen and oxygen atoms in total. The van der Waals surface area contributed by atoms with E-state index in [-0.39, 0.29) is 5.91 Å². The van der Waals surface area contributed by atoms with Gasteiger partial charge in [0.15, 0.2) is 11.5 Å². The van der Waals surface area contributed by atoms with Gasteiger partial charge in [-0.2, -0.15) is 0 Å². The normalized spacial score (nSPS) is 14.4. The van der Waals surface area contributed by atoms with E-state index in [4.69, 9.17) is 21.7 Å². The van der Waals surface area contributed by atoms with Gasteiger partial charge in [-0.15, -0.1) is 0 Å². The van der Waals surface area contributed by atoms with E-state index in [2.05, 4.69) is 29.3 Å². The van der Waals surface area contributed by atoms with Crippen LogP contribution in [0.5, 0.6) is 11.5 Å². The molecule has 0 unspecified atom stereocenters. The lowest BCUT2D eigenvalue weighted by atomic mass is 10.1. The number of piperazine rings is 1. The van der Waals surface area contributed by atoms with Crippen molar-refractivity contribution in [3.05, 3.63) is 53.6 Å². The number of hydrogen-bond donors (Lipinski definition) is 1. The molecule has 1 aliphatic rings. The summed E-state index contributed by atoms with van der Waals surface area (Å²) in [6, 6.07) is 13.4. The first-order valence-electron chi connectivity index (χ1n) is 9.60. The van der Waals surface area contributed by atoms with E-state index < -0.39 is 0 Å². The maximum Gasteiger partial charge on any atom is 0.254 e. The molecule has 1 fully saturated rings. The molecule has 1 aliphatic heterocycles. The summed E-state index contributed by atoms with van der Waals surface area (Å²) < 4.78 is 10.5. The van der Waals surface area contributed by atoms with Gasteiger partial charge in [0.25, 0.3) is 5.91 Å². The van der Waals surface area contributed by atoms with Crippen molar-refractivity contribution in [1.29, 1.82) is 0 Å². The molecule has 1 saturated heterocycles. The maximum absolute atomic E-state index is 12.8. The Labute approximate surface area is 177 Å². The average molecular weight is 414 g/mol. The Morgan fingerprint density at radius 3 is 2.41 bits per heavy atom. The third-order valence-corrected chi connectivity index (χ3v) is 5.19. The van der Waals surface area contributed by atoms with Crippen molar-refractivity contribution in [2.75, 3.05) is 52.3 Å². The number of methoxy groups -OCH3 is 2. The largest absolute Gasteiger partial charge is 0.493 e. The Balaban J connectivity index is 1.52. The summed E-state index contributed by atoms with van der Waals surface area (Å²) in [5.74, 6) is 1.18. The lowest BCUT2D eigenvalue weighted by Gasteiger charge is -2.35. The third-order valence-electron chi connectivity index (χ3n) is 4.96. The van der Waals surface area contributed by atoms with Crippen molar-refractivity contribution < 1.29 is 14.3 Å². The number of nitrogens with one attached hydrogen (secondary N) is 1. The highest BCUT2D eigenvalue weighted by Crippen LogP contribution is 2.28. The minimum atomic E-state index is 0.00562. The van der Waals surface area contributed by atoms with Crippen molar-refractivity contribution >= 4 is 28.8 Å². The van der Waals surface area contributed by atoms with Crippen LogP contribution in [0.15, 0.2) is 42.5 Å². The molecule has 3 rings (SSSR count). The summed E-state index contributed by atoms with van der Waals surface area (Å²) in [6.45, 7) is 5.65. The highest BCUT2D eigenvalue weighted by Gasteiger charge is 2.23. The quantitative estimate of drug-likeness (QED) is 0.734. The fraction of sp³-hybridized carbons (Fsp3) is 0.364. The molecular weight excluding hydrogens is 386 g/mol. The number of thiocarbonyl (C=S) groups is 1. The second-order valence-electron chi connectivity index (χ2n) is 7.06. The molecule has 1 amide bonds. The minimum Gasteiger partial charge on any atom is -0.493 e. The molecule has 0 aromatic heterocycles. The number of carbonyl (C=O) groups is 1. The van der Waals surface area contributed by atoms with Gasteiger partial charge < -0.3 is 19.7 Å². The van der Waals surface area contributed by atoms with E-state index >= 15 is 0 Å². The number of rotatable bonds is 6. The van der Waals surface area contributed by atoms with E-state index in [9.17, 15) is 4.79 Å². The molecule has 29 heavy (non-hydrogen) atoms. The topological polar surface area (TPSA) is 54.0 Å². The third kappa shape index (κ3) is 5.46. The molecule has 1 N–H and O–H groups in total. The lowest BCUT2D eigenvalue weighted by Crippen LogP contribution is -2.50. The summed E-state index contributed by atoms with van der Waals surface area (Å²) in [4.78, 5) is 17.8. The molecule has 0 radical (unpaired) electrons. The monoisotopic (exact) mass is 413 g/mol. The Morgan fingerprint density at radius 1 is 1.03 bits per heavy atom. The van der Waals surface area contributed by atoms with Crippen LogP contribution in [0.2, 0.25) is 0 Å². The number of nitrogens with zero attached hydrogens (tertiary/aromatic N) is 2. The Bertz CT molecular complexity index is 879. The van der Waals surface area contributed by atoms with E-state index in [0.29, 0.717) is 36.7 Å². The number of aryl methyl sites for hydroxylation is 1. The average Bonchev–Trinajstić information content (AvgIpc) is 2.73. The summed E-state index contributed by atoms with van der Waals surface area (Å²) in [5.41, 5.74) is 2.81. The van der Waals surface area contributed by atoms with Gasteiger partial charge in [-0.3, -0.25) is 9.69 Å². The van der Waals surface area contributed by atoms with Gasteiger partial charge in [0, 0.05) is 44.0 Å². The minimum absolute atomic E-state index is 0.00562. The first-order chi connectivity index (χ1) is 14.0. The van der Waals surface area contributed by atoms with Gasteiger partial charge in [-0.25, -0.2) is 0 Å². The van der Waals surface area contributed by atoms with Gasteiger partial charge in [0.05, 0.1) is 19.2 Å². The number of carbonyl (C=O) groups excluding carboxylic acids is 1. The Hall–Kier alpha value is -2.64. The maximum atomic E-state index is 12.8. The Kier molecular flexibility index (Phi) is 7.06. The van der Waals surface area contributed by atoms with E-state index in [1.165, 1.54) is 5.56 Å². The standard InChI is InChI=1S/C22H27N3O3S/c1-16-5-4-6-18(13-16)23-21(29)15-24-9-11-25(12-10-24)22(26)17-7-8-19(27-2)20(14-17)28-3/h4-8,13-14H,9-12,15H2,1-3H3,(H,23,29). The van der Waals surface area contributed by atoms with Crippen LogP contribution in [0.1, 0.15) is 15.9 Å². The molecule has 0 aliphatic carbocycles. The van der Waals surface area contributed by atoms with Crippen LogP contribution >= 0.6 is 12.2 Å². The van der Waals surface area contributed by atoms with Crippen LogP contribution in [0.4, 0.5) is 5.69 Å². The SMILES string of the molecule is COc1ccc(C(=O)N2CCN(CC(=S)Nc3cccc(C)c3)CC2)cc1OC. The van der Waals surface area contributed by atoms with E-state index in [0.717, 1.165) is 23.8 Å². The molecular formula is C22H27N3O3S. The molecule has 1 heterocycles. The van der Waals surface area contributed by atoms with Crippen molar-refractivity contribution in [3.63, 3.8) is 0 Å². The zero-order chi connectivity index (χ0) is 20.8. The van der Waals surface area contributed by atoms with Gasteiger partial charge in [-0.1, -0.05) is 24.4 Å². The number of ether oxygens (including phenoxy) is 2. The van der Waals surface area contributed by atoms with E-state index in [1.807, 2.05) is 17.0 Å². The molecule has 0 spiro atoms. The summed E-state index contributed by atoms with van der Waals surface area (Å²) in [5, 5.41) is 3.30. The molecule has 0 saturated carbocycles. The zero-order valence-corrected chi connectivity index (χ0v) is 17.9. The molecule has 7 heteroatoms. The number of amides is 1. The van der Waals surface area contributed by atoms with Crippen molar-refractivity contribution in [2.45, 2.75) is 6.92 Å². The van der Waals surface area contributed by atoms with Gasteiger partial charge in [0.1, 0.15) is 0 Å². The lowest BCUT2D eigenvalue weighted by molar-refractivity contribution is 0.0654. The van der Waals surface area contributed by atoms with Crippen LogP contribution in [-0.2, 0) is 0 Å². The molecule has 0 bridgehead atoms. The predicted octanol–water partition coefficient (Wildman–Crippen LogP) is 3.21. The van der Waals surface area contributed by atoms with Crippen LogP contribution in [0.3, 0.4) is 0 Å². The van der Waals surface area contributed by atoms with Crippen LogP contribution in [-0.4, -0.2) is 67.6 Å². The highest BCUT2D eigenvalue weighted by atomic mass is 32.1. The summed E-state index contributed by atoms with van der Waals surface area (Å²) in [6.07, 6.45) is 0.